The fraction of sp³-hybridized carbons (Fsp3) is 0.240. The van der Waals surface area contributed by atoms with Gasteiger partial charge in [0, 0.05) is 30.3 Å². The van der Waals surface area contributed by atoms with Crippen molar-refractivity contribution >= 4 is 40.9 Å². The number of carbonyl (C=O) groups is 2. The Morgan fingerprint density at radius 3 is 2.50 bits per heavy atom. The summed E-state index contributed by atoms with van der Waals surface area (Å²) >= 11 is 6.50. The highest BCUT2D eigenvalue weighted by Gasteiger charge is 2.18. The van der Waals surface area contributed by atoms with Gasteiger partial charge in [0.15, 0.2) is 0 Å². The molecule has 0 radical (unpaired) electrons. The molecule has 4 rings (SSSR count). The van der Waals surface area contributed by atoms with Crippen LogP contribution >= 0.6 is 11.6 Å². The molecule has 1 aliphatic rings. The van der Waals surface area contributed by atoms with Crippen molar-refractivity contribution in [1.29, 1.82) is 0 Å². The lowest BCUT2D eigenvalue weighted by Gasteiger charge is -2.30. The third-order valence-electron chi connectivity index (χ3n) is 5.76. The number of primary amides is 1. The van der Waals surface area contributed by atoms with Crippen molar-refractivity contribution in [2.24, 2.45) is 5.73 Å². The number of nitrogens with one attached hydrogen (secondary N) is 1. The summed E-state index contributed by atoms with van der Waals surface area (Å²) in [5.74, 6) is -1.30. The smallest absolute Gasteiger partial charge is 0.248 e. The average Bonchev–Trinajstić information content (AvgIpc) is 3.11. The summed E-state index contributed by atoms with van der Waals surface area (Å²) in [4.78, 5) is 26.7. The van der Waals surface area contributed by atoms with Crippen molar-refractivity contribution in [2.75, 3.05) is 23.3 Å². The number of aryl methyl sites for hydroxylation is 1. The summed E-state index contributed by atoms with van der Waals surface area (Å²) in [6, 6.07) is 10.9. The Labute approximate surface area is 202 Å². The maximum absolute atomic E-state index is 13.2. The average molecular weight is 482 g/mol. The number of hydrogen-bond donors (Lipinski definition) is 2. The van der Waals surface area contributed by atoms with Gasteiger partial charge in [0.05, 0.1) is 22.8 Å². The van der Waals surface area contributed by atoms with E-state index in [4.69, 9.17) is 17.3 Å². The normalized spacial score (nSPS) is 13.9. The number of rotatable bonds is 6. The van der Waals surface area contributed by atoms with E-state index in [0.717, 1.165) is 31.6 Å². The van der Waals surface area contributed by atoms with Crippen molar-refractivity contribution in [1.82, 2.24) is 9.78 Å². The van der Waals surface area contributed by atoms with Gasteiger partial charge in [0.25, 0.3) is 0 Å². The van der Waals surface area contributed by atoms with E-state index in [9.17, 15) is 14.0 Å². The minimum Gasteiger partial charge on any atom is -0.370 e. The van der Waals surface area contributed by atoms with Gasteiger partial charge in [-0.25, -0.2) is 9.07 Å². The number of piperidine rings is 1. The highest BCUT2D eigenvalue weighted by atomic mass is 35.5. The summed E-state index contributed by atoms with van der Waals surface area (Å²) in [6.07, 6.45) is 6.26. The molecule has 3 N–H and O–H groups in total. The zero-order chi connectivity index (χ0) is 24.2. The van der Waals surface area contributed by atoms with Crippen LogP contribution in [0.4, 0.5) is 15.8 Å². The van der Waals surface area contributed by atoms with Crippen molar-refractivity contribution in [2.45, 2.75) is 26.2 Å². The molecule has 0 atom stereocenters. The van der Waals surface area contributed by atoms with E-state index in [2.05, 4.69) is 15.3 Å². The maximum Gasteiger partial charge on any atom is 0.248 e. The number of carbonyl (C=O) groups excluding carboxylic acids is 2. The van der Waals surface area contributed by atoms with Crippen LogP contribution in [-0.2, 0) is 4.79 Å². The number of hydrogen-bond acceptors (Lipinski definition) is 4. The fourth-order valence-electron chi connectivity index (χ4n) is 3.99. The number of anilines is 2. The molecule has 2 amide bonds. The number of amides is 2. The maximum atomic E-state index is 13.2. The zero-order valence-electron chi connectivity index (χ0n) is 18.7. The highest BCUT2D eigenvalue weighted by Crippen LogP contribution is 2.30. The van der Waals surface area contributed by atoms with Crippen LogP contribution in [0.5, 0.6) is 0 Å². The van der Waals surface area contributed by atoms with Gasteiger partial charge >= 0.3 is 0 Å². The molecule has 7 nitrogen and oxygen atoms in total. The lowest BCUT2D eigenvalue weighted by molar-refractivity contribution is -0.111. The van der Waals surface area contributed by atoms with Crippen molar-refractivity contribution < 1.29 is 14.0 Å². The van der Waals surface area contributed by atoms with E-state index >= 15 is 0 Å². The van der Waals surface area contributed by atoms with E-state index in [1.54, 1.807) is 37.3 Å². The van der Waals surface area contributed by atoms with Crippen LogP contribution in [0.15, 0.2) is 48.5 Å². The van der Waals surface area contributed by atoms with E-state index in [-0.39, 0.29) is 11.7 Å². The van der Waals surface area contributed by atoms with E-state index in [1.165, 1.54) is 29.3 Å². The largest absolute Gasteiger partial charge is 0.370 e. The van der Waals surface area contributed by atoms with Crippen LogP contribution in [0.3, 0.4) is 0 Å². The summed E-state index contributed by atoms with van der Waals surface area (Å²) < 4.78 is 14.7. The van der Waals surface area contributed by atoms with Gasteiger partial charge in [0.1, 0.15) is 11.0 Å². The zero-order valence-corrected chi connectivity index (χ0v) is 19.5. The molecule has 1 aromatic heterocycles. The summed E-state index contributed by atoms with van der Waals surface area (Å²) in [7, 11) is 0. The summed E-state index contributed by atoms with van der Waals surface area (Å²) in [6.45, 7) is 3.53. The molecule has 0 aliphatic carbocycles. The fourth-order valence-corrected chi connectivity index (χ4v) is 4.32. The second-order valence-electron chi connectivity index (χ2n) is 8.14. The Kier molecular flexibility index (Phi) is 6.98. The number of benzene rings is 2. The number of nitrogens with two attached hydrogens (primary N) is 1. The Bertz CT molecular complexity index is 1250. The molecular weight excluding hydrogens is 457 g/mol. The number of aromatic nitrogens is 2. The second-order valence-corrected chi connectivity index (χ2v) is 8.50. The quantitative estimate of drug-likeness (QED) is 0.498. The standard InChI is InChI=1S/C25H25ClFN5O2/c1-16-20(24(26)32(30-16)19-8-6-18(27)7-9-19)10-12-23(33)29-21-15-17(25(28)34)5-11-22(21)31-13-3-2-4-14-31/h5-12,15H,2-4,13-14H2,1H3,(H2,28,34)(H,29,33)/b12-10+. The van der Waals surface area contributed by atoms with Gasteiger partial charge in [-0.3, -0.25) is 9.59 Å². The molecule has 2 aromatic carbocycles. The van der Waals surface area contributed by atoms with E-state index < -0.39 is 5.91 Å². The van der Waals surface area contributed by atoms with Crippen LogP contribution in [0.25, 0.3) is 11.8 Å². The third kappa shape index (κ3) is 5.12. The topological polar surface area (TPSA) is 93.2 Å². The SMILES string of the molecule is Cc1nn(-c2ccc(F)cc2)c(Cl)c1/C=C/C(=O)Nc1cc(C(N)=O)ccc1N1CCCCC1. The molecule has 0 unspecified atom stereocenters. The molecule has 0 saturated carbocycles. The Morgan fingerprint density at radius 2 is 1.82 bits per heavy atom. The molecule has 1 saturated heterocycles. The molecule has 34 heavy (non-hydrogen) atoms. The van der Waals surface area contributed by atoms with Crippen molar-refractivity contribution in [3.8, 4) is 5.69 Å². The van der Waals surface area contributed by atoms with Gasteiger partial charge in [-0.15, -0.1) is 0 Å². The number of halogens is 2. The Balaban J connectivity index is 1.57. The predicted octanol–water partition coefficient (Wildman–Crippen LogP) is 4.71. The first-order valence-corrected chi connectivity index (χ1v) is 11.4. The monoisotopic (exact) mass is 481 g/mol. The molecule has 0 spiro atoms. The Hall–Kier alpha value is -3.65. The van der Waals surface area contributed by atoms with Crippen LogP contribution in [0.1, 0.15) is 40.9 Å². The second kappa shape index (κ2) is 10.1. The molecule has 176 valence electrons. The molecular formula is C25H25ClFN5O2. The van der Waals surface area contributed by atoms with Crippen LogP contribution < -0.4 is 16.0 Å². The van der Waals surface area contributed by atoms with Crippen molar-refractivity contribution in [3.05, 3.63) is 76.3 Å². The molecule has 1 aliphatic heterocycles. The highest BCUT2D eigenvalue weighted by molar-refractivity contribution is 6.31. The lowest BCUT2D eigenvalue weighted by atomic mass is 10.1. The first kappa shape index (κ1) is 23.5. The van der Waals surface area contributed by atoms with Gasteiger partial charge in [-0.1, -0.05) is 11.6 Å². The molecule has 2 heterocycles. The molecule has 9 heteroatoms. The first-order chi connectivity index (χ1) is 16.3. The van der Waals surface area contributed by atoms with E-state index in [1.807, 2.05) is 6.07 Å². The minimum absolute atomic E-state index is 0.304. The first-order valence-electron chi connectivity index (χ1n) is 11.0. The molecule has 0 bridgehead atoms. The molecule has 1 fully saturated rings. The lowest BCUT2D eigenvalue weighted by Crippen LogP contribution is -2.30. The molecule has 3 aromatic rings. The minimum atomic E-state index is -0.563. The van der Waals surface area contributed by atoms with Gasteiger partial charge in [0.2, 0.25) is 11.8 Å². The van der Waals surface area contributed by atoms with Crippen molar-refractivity contribution in [3.63, 3.8) is 0 Å². The van der Waals surface area contributed by atoms with Crippen LogP contribution in [-0.4, -0.2) is 34.7 Å². The van der Waals surface area contributed by atoms with E-state index in [0.29, 0.717) is 33.3 Å². The van der Waals surface area contributed by atoms with Crippen LogP contribution in [0.2, 0.25) is 5.15 Å². The number of nitrogens with zero attached hydrogens (tertiary/aromatic N) is 3. The van der Waals surface area contributed by atoms with Gasteiger partial charge in [-0.05, 0) is 74.7 Å². The Morgan fingerprint density at radius 1 is 1.12 bits per heavy atom. The van der Waals surface area contributed by atoms with Gasteiger partial charge in [-0.2, -0.15) is 5.10 Å². The summed E-state index contributed by atoms with van der Waals surface area (Å²) in [5.41, 5.74) is 8.93. The van der Waals surface area contributed by atoms with Crippen LogP contribution in [0, 0.1) is 12.7 Å². The summed E-state index contributed by atoms with van der Waals surface area (Å²) in [5, 5.41) is 7.57. The van der Waals surface area contributed by atoms with Gasteiger partial charge < -0.3 is 16.0 Å². The predicted molar refractivity (Wildman–Crippen MR) is 132 cm³/mol. The third-order valence-corrected chi connectivity index (χ3v) is 6.12.